The molecule has 0 aliphatic carbocycles. The van der Waals surface area contributed by atoms with Crippen molar-refractivity contribution in [3.05, 3.63) is 34.4 Å². The molecule has 0 saturated carbocycles. The van der Waals surface area contributed by atoms with Crippen LogP contribution in [0, 0.1) is 0 Å². The van der Waals surface area contributed by atoms with Gasteiger partial charge in [-0.15, -0.1) is 0 Å². The van der Waals surface area contributed by atoms with Crippen molar-refractivity contribution in [1.29, 1.82) is 0 Å². The molecule has 0 fully saturated rings. The van der Waals surface area contributed by atoms with Gasteiger partial charge in [0.25, 0.3) is 0 Å². The zero-order chi connectivity index (χ0) is 15.2. The van der Waals surface area contributed by atoms with E-state index in [4.69, 9.17) is 0 Å². The van der Waals surface area contributed by atoms with Crippen molar-refractivity contribution in [3.63, 3.8) is 0 Å². The van der Waals surface area contributed by atoms with Crippen molar-refractivity contribution in [2.24, 2.45) is 0 Å². The van der Waals surface area contributed by atoms with E-state index in [9.17, 15) is 5.11 Å². The summed E-state index contributed by atoms with van der Waals surface area (Å²) in [6.07, 6.45) is 2.93. The lowest BCUT2D eigenvalue weighted by atomic mass is 10.2. The van der Waals surface area contributed by atoms with Crippen LogP contribution in [0.2, 0.25) is 0 Å². The van der Waals surface area contributed by atoms with Crippen LogP contribution in [0.15, 0.2) is 28.7 Å². The van der Waals surface area contributed by atoms with E-state index in [0.717, 1.165) is 47.4 Å². The number of anilines is 1. The van der Waals surface area contributed by atoms with Crippen LogP contribution >= 0.6 is 15.9 Å². The maximum Gasteiger partial charge on any atom is 0.161 e. The molecule has 0 spiro atoms. The molecule has 1 aromatic heterocycles. The molecule has 0 bridgehead atoms. The summed E-state index contributed by atoms with van der Waals surface area (Å²) in [6, 6.07) is 7.03. The maximum atomic E-state index is 9.63. The lowest BCUT2D eigenvalue weighted by Crippen LogP contribution is -2.07. The van der Waals surface area contributed by atoms with E-state index in [1.165, 1.54) is 0 Å². The third kappa shape index (κ3) is 3.94. The average molecular weight is 350 g/mol. The van der Waals surface area contributed by atoms with Crippen LogP contribution in [0.3, 0.4) is 0 Å². The number of aromatic hydroxyl groups is 1. The first-order valence-electron chi connectivity index (χ1n) is 7.25. The fraction of sp³-hybridized carbons (Fsp3) is 0.375. The highest BCUT2D eigenvalue weighted by Crippen LogP contribution is 2.29. The first kappa shape index (κ1) is 15.8. The Kier molecular flexibility index (Phi) is 5.56. The van der Waals surface area contributed by atoms with Crippen molar-refractivity contribution >= 4 is 21.7 Å². The first-order valence-corrected chi connectivity index (χ1v) is 8.04. The Hall–Kier alpha value is -1.62. The fourth-order valence-electron chi connectivity index (χ4n) is 2.03. The van der Waals surface area contributed by atoms with Crippen LogP contribution in [-0.2, 0) is 6.42 Å². The van der Waals surface area contributed by atoms with E-state index < -0.39 is 0 Å². The second-order valence-corrected chi connectivity index (χ2v) is 5.68. The van der Waals surface area contributed by atoms with E-state index in [1.807, 2.05) is 6.07 Å². The molecule has 112 valence electrons. The molecule has 21 heavy (non-hydrogen) atoms. The zero-order valence-electron chi connectivity index (χ0n) is 12.4. The maximum absolute atomic E-state index is 9.63. The van der Waals surface area contributed by atoms with Crippen molar-refractivity contribution in [3.8, 4) is 17.1 Å². The third-order valence-electron chi connectivity index (χ3n) is 3.05. The predicted molar refractivity (Wildman–Crippen MR) is 89.6 cm³/mol. The number of phenolic OH excluding ortho intramolecular Hbond substituents is 1. The van der Waals surface area contributed by atoms with Gasteiger partial charge in [-0.25, -0.2) is 9.97 Å². The largest absolute Gasteiger partial charge is 0.508 e. The quantitative estimate of drug-likeness (QED) is 0.811. The van der Waals surface area contributed by atoms with Gasteiger partial charge in [0.15, 0.2) is 5.82 Å². The number of hydrogen-bond acceptors (Lipinski definition) is 4. The Labute approximate surface area is 133 Å². The normalized spacial score (nSPS) is 10.6. The number of halogens is 1. The smallest absolute Gasteiger partial charge is 0.161 e. The molecule has 2 aromatic rings. The molecule has 4 nitrogen and oxygen atoms in total. The summed E-state index contributed by atoms with van der Waals surface area (Å²) < 4.78 is 0.932. The summed E-state index contributed by atoms with van der Waals surface area (Å²) in [7, 11) is 0. The summed E-state index contributed by atoms with van der Waals surface area (Å²) in [5.74, 6) is 1.67. The molecule has 1 heterocycles. The molecule has 0 aliphatic heterocycles. The van der Waals surface area contributed by atoms with E-state index in [0.29, 0.717) is 5.82 Å². The SMILES string of the molecule is CCCNc1nc(-c2cccc(O)c2)nc(CCC)c1Br. The van der Waals surface area contributed by atoms with Gasteiger partial charge in [0.1, 0.15) is 11.6 Å². The standard InChI is InChI=1S/C16H20BrN3O/c1-3-6-13-14(17)16(18-9-4-2)20-15(19-13)11-7-5-8-12(21)10-11/h5,7-8,10,21H,3-4,6,9H2,1-2H3,(H,18,19,20). The van der Waals surface area contributed by atoms with Crippen LogP contribution in [0.25, 0.3) is 11.4 Å². The van der Waals surface area contributed by atoms with Crippen LogP contribution < -0.4 is 5.32 Å². The summed E-state index contributed by atoms with van der Waals surface area (Å²) in [5, 5.41) is 13.0. The first-order chi connectivity index (χ1) is 10.2. The minimum atomic E-state index is 0.221. The molecule has 0 aliphatic rings. The lowest BCUT2D eigenvalue weighted by molar-refractivity contribution is 0.475. The van der Waals surface area contributed by atoms with Crippen molar-refractivity contribution in [2.75, 3.05) is 11.9 Å². The van der Waals surface area contributed by atoms with Gasteiger partial charge in [0.05, 0.1) is 10.2 Å². The summed E-state index contributed by atoms with van der Waals surface area (Å²) >= 11 is 3.60. The Morgan fingerprint density at radius 1 is 1.19 bits per heavy atom. The number of benzene rings is 1. The number of phenols is 1. The molecule has 2 rings (SSSR count). The van der Waals surface area contributed by atoms with Gasteiger partial charge in [-0.3, -0.25) is 0 Å². The van der Waals surface area contributed by atoms with Crippen molar-refractivity contribution in [2.45, 2.75) is 33.1 Å². The number of aryl methyl sites for hydroxylation is 1. The van der Waals surface area contributed by atoms with E-state index in [1.54, 1.807) is 18.2 Å². The highest BCUT2D eigenvalue weighted by molar-refractivity contribution is 9.10. The van der Waals surface area contributed by atoms with Gasteiger partial charge >= 0.3 is 0 Å². The van der Waals surface area contributed by atoms with Crippen molar-refractivity contribution < 1.29 is 5.11 Å². The number of nitrogens with zero attached hydrogens (tertiary/aromatic N) is 2. The molecule has 0 saturated heterocycles. The second kappa shape index (κ2) is 7.41. The van der Waals surface area contributed by atoms with Crippen LogP contribution in [0.5, 0.6) is 5.75 Å². The number of nitrogens with one attached hydrogen (secondary N) is 1. The topological polar surface area (TPSA) is 58.0 Å². The average Bonchev–Trinajstić information content (AvgIpc) is 2.48. The highest BCUT2D eigenvalue weighted by Gasteiger charge is 2.13. The van der Waals surface area contributed by atoms with Crippen LogP contribution in [0.4, 0.5) is 5.82 Å². The molecular formula is C16H20BrN3O. The Morgan fingerprint density at radius 3 is 2.67 bits per heavy atom. The second-order valence-electron chi connectivity index (χ2n) is 4.88. The van der Waals surface area contributed by atoms with E-state index >= 15 is 0 Å². The molecule has 0 atom stereocenters. The molecule has 2 N–H and O–H groups in total. The monoisotopic (exact) mass is 349 g/mol. The zero-order valence-corrected chi connectivity index (χ0v) is 13.9. The number of rotatable bonds is 6. The third-order valence-corrected chi connectivity index (χ3v) is 3.89. The van der Waals surface area contributed by atoms with Crippen LogP contribution in [0.1, 0.15) is 32.4 Å². The Balaban J connectivity index is 2.47. The Bertz CT molecular complexity index is 616. The van der Waals surface area contributed by atoms with Gasteiger partial charge < -0.3 is 10.4 Å². The summed E-state index contributed by atoms with van der Waals surface area (Å²) in [6.45, 7) is 5.10. The minimum absolute atomic E-state index is 0.221. The lowest BCUT2D eigenvalue weighted by Gasteiger charge is -2.12. The summed E-state index contributed by atoms with van der Waals surface area (Å²) in [5.41, 5.74) is 1.81. The molecule has 0 amide bonds. The molecule has 5 heteroatoms. The molecule has 0 unspecified atom stereocenters. The van der Waals surface area contributed by atoms with Gasteiger partial charge in [0, 0.05) is 12.1 Å². The van der Waals surface area contributed by atoms with Gasteiger partial charge in [-0.1, -0.05) is 32.4 Å². The van der Waals surface area contributed by atoms with E-state index in [2.05, 4.69) is 45.1 Å². The minimum Gasteiger partial charge on any atom is -0.508 e. The van der Waals surface area contributed by atoms with Gasteiger partial charge in [-0.05, 0) is 40.9 Å². The predicted octanol–water partition coefficient (Wildman–Crippen LogP) is 4.39. The van der Waals surface area contributed by atoms with Gasteiger partial charge in [-0.2, -0.15) is 0 Å². The van der Waals surface area contributed by atoms with Crippen molar-refractivity contribution in [1.82, 2.24) is 9.97 Å². The number of hydrogen-bond donors (Lipinski definition) is 2. The molecular weight excluding hydrogens is 330 g/mol. The molecule has 1 aromatic carbocycles. The fourth-order valence-corrected chi connectivity index (χ4v) is 2.55. The Morgan fingerprint density at radius 2 is 2.00 bits per heavy atom. The van der Waals surface area contributed by atoms with Gasteiger partial charge in [0.2, 0.25) is 0 Å². The van der Waals surface area contributed by atoms with Crippen LogP contribution in [-0.4, -0.2) is 21.6 Å². The number of aromatic nitrogens is 2. The highest BCUT2D eigenvalue weighted by atomic mass is 79.9. The summed E-state index contributed by atoms with van der Waals surface area (Å²) in [4.78, 5) is 9.22. The molecule has 0 radical (unpaired) electrons. The van der Waals surface area contributed by atoms with E-state index in [-0.39, 0.29) is 5.75 Å².